The average Bonchev–Trinajstić information content (AvgIpc) is 0.995. The molecule has 29 heteroatoms. The summed E-state index contributed by atoms with van der Waals surface area (Å²) >= 11 is -0.237. The summed E-state index contributed by atoms with van der Waals surface area (Å²) < 4.78 is 361. The van der Waals surface area contributed by atoms with Crippen molar-refractivity contribution in [1.29, 1.82) is 0 Å². The van der Waals surface area contributed by atoms with Gasteiger partial charge >= 0.3 is 70.6 Å². The van der Waals surface area contributed by atoms with Gasteiger partial charge in [-0.2, -0.15) is 127 Å². The lowest BCUT2D eigenvalue weighted by molar-refractivity contribution is -0.598. The van der Waals surface area contributed by atoms with Crippen LogP contribution in [0.4, 0.5) is 105 Å². The van der Waals surface area contributed by atoms with Gasteiger partial charge in [0.2, 0.25) is 3.57 Å². The SMILES string of the molecule is FC(F)(F)c1cc([B-](c2cc(C(F)(F)F)cc(C(F)(F)F)c2)(c2cc(C(F)(F)F)cc(C(F)(F)F)c2)c2cc(C(F)(F)F)cc(C(F)(F)F)c2)cc(C(F)(F)F)c1.c1ccc(OCCOCCOc2ccccc2[I+]c2ccccc2)cc1. The van der Waals surface area contributed by atoms with Crippen molar-refractivity contribution < 1.29 is 141 Å². The fourth-order valence-corrected chi connectivity index (χ4v) is 10.8. The second-order valence-electron chi connectivity index (χ2n) is 17.7. The summed E-state index contributed by atoms with van der Waals surface area (Å²) in [6.45, 7) is 2.19. The summed E-state index contributed by atoms with van der Waals surface area (Å²) in [6, 6.07) is 19.8. The molecule has 0 aliphatic carbocycles. The zero-order chi connectivity index (χ0) is 61.8. The molecular formula is C54H34BF24IO3. The molecule has 0 radical (unpaired) electrons. The highest BCUT2D eigenvalue weighted by Crippen LogP contribution is 2.41. The third-order valence-electron chi connectivity index (χ3n) is 11.9. The van der Waals surface area contributed by atoms with Crippen molar-refractivity contribution in [2.75, 3.05) is 26.4 Å². The Bertz CT molecular complexity index is 2870. The molecule has 0 fully saturated rings. The molecule has 7 rings (SSSR count). The Morgan fingerprint density at radius 2 is 0.554 bits per heavy atom. The first-order chi connectivity index (χ1) is 38.2. The van der Waals surface area contributed by atoms with Crippen LogP contribution in [0.2, 0.25) is 0 Å². The molecule has 0 saturated heterocycles. The van der Waals surface area contributed by atoms with Crippen LogP contribution in [0.5, 0.6) is 11.5 Å². The zero-order valence-corrected chi connectivity index (χ0v) is 43.2. The Morgan fingerprint density at radius 3 is 0.855 bits per heavy atom. The first kappa shape index (κ1) is 65.4. The topological polar surface area (TPSA) is 27.7 Å². The molecule has 0 aliphatic rings. The highest BCUT2D eigenvalue weighted by atomic mass is 127. The molecule has 3 nitrogen and oxygen atoms in total. The Kier molecular flexibility index (Phi) is 19.5. The summed E-state index contributed by atoms with van der Waals surface area (Å²) in [5.41, 5.74) is -30.2. The molecule has 0 atom stereocenters. The molecular weight excluding hydrogens is 1290 g/mol. The monoisotopic (exact) mass is 1320 g/mol. The second kappa shape index (κ2) is 24.8. The molecule has 446 valence electrons. The van der Waals surface area contributed by atoms with Crippen LogP contribution in [0.1, 0.15) is 44.5 Å². The lowest BCUT2D eigenvalue weighted by Gasteiger charge is -2.46. The van der Waals surface area contributed by atoms with E-state index in [2.05, 4.69) is 42.5 Å². The fraction of sp³-hybridized carbons (Fsp3) is 0.222. The van der Waals surface area contributed by atoms with Crippen LogP contribution in [-0.4, -0.2) is 32.6 Å². The van der Waals surface area contributed by atoms with E-state index in [9.17, 15) is 105 Å². The van der Waals surface area contributed by atoms with Gasteiger partial charge in [-0.25, -0.2) is 0 Å². The molecule has 0 aliphatic heterocycles. The van der Waals surface area contributed by atoms with Gasteiger partial charge in [0.15, 0.2) is 9.32 Å². The Hall–Kier alpha value is -6.79. The standard InChI is InChI=1S/C32H12BF24.C22H22IO3/c34-25(35,36)13-1-14(26(37,38)39)6-21(5-13)33(22-7-15(27(40,41)42)2-16(8-22)28(43,44)45,23-9-17(29(46,47)48)3-18(10-23)30(49,50)51)24-11-19(31(52,53)54)4-20(12-24)32(55,56)57;1-3-9-19(10-4-1)23-21-13-7-8-14-22(21)26-18-16-24-15-17-25-20-11-5-2-6-12-20/h1-12H;1-14H,15-18H2/q-1;+1. The number of hydrogen-bond acceptors (Lipinski definition) is 3. The van der Waals surface area contributed by atoms with Crippen LogP contribution in [0.3, 0.4) is 0 Å². The summed E-state index contributed by atoms with van der Waals surface area (Å²) in [4.78, 5) is 0. The quantitative estimate of drug-likeness (QED) is 0.0470. The molecule has 0 aromatic heterocycles. The lowest BCUT2D eigenvalue weighted by Crippen LogP contribution is -3.61. The van der Waals surface area contributed by atoms with Gasteiger partial charge in [-0.05, 0) is 60.7 Å². The van der Waals surface area contributed by atoms with E-state index in [0.29, 0.717) is 26.4 Å². The van der Waals surface area contributed by atoms with E-state index in [1.165, 1.54) is 7.14 Å². The normalized spacial score (nSPS) is 13.1. The third-order valence-corrected chi connectivity index (χ3v) is 14.8. The summed E-state index contributed by atoms with van der Waals surface area (Å²) in [5, 5.41) is 0. The predicted octanol–water partition coefficient (Wildman–Crippen LogP) is 12.5. The van der Waals surface area contributed by atoms with Crippen molar-refractivity contribution in [1.82, 2.24) is 0 Å². The maximum Gasteiger partial charge on any atom is 0.416 e. The van der Waals surface area contributed by atoms with Gasteiger partial charge in [-0.15, -0.1) is 0 Å². The average molecular weight is 1320 g/mol. The predicted molar refractivity (Wildman–Crippen MR) is 249 cm³/mol. The molecule has 0 unspecified atom stereocenters. The Morgan fingerprint density at radius 1 is 0.289 bits per heavy atom. The largest absolute Gasteiger partial charge is 0.491 e. The van der Waals surface area contributed by atoms with Crippen LogP contribution >= 0.6 is 0 Å². The summed E-state index contributed by atoms with van der Waals surface area (Å²) in [7, 11) is 0. The number of benzene rings is 7. The van der Waals surface area contributed by atoms with Crippen LogP contribution < -0.4 is 52.5 Å². The summed E-state index contributed by atoms with van der Waals surface area (Å²) in [6.07, 6.45) is -54.8. The van der Waals surface area contributed by atoms with Crippen LogP contribution in [-0.2, 0) is 54.1 Å². The van der Waals surface area contributed by atoms with Crippen molar-refractivity contribution in [2.24, 2.45) is 0 Å². The molecule has 0 spiro atoms. The van der Waals surface area contributed by atoms with Crippen LogP contribution in [0.15, 0.2) is 158 Å². The number of halogens is 25. The number of alkyl halides is 24. The van der Waals surface area contributed by atoms with Crippen molar-refractivity contribution in [3.63, 3.8) is 0 Å². The molecule has 0 bridgehead atoms. The second-order valence-corrected chi connectivity index (χ2v) is 20.6. The highest BCUT2D eigenvalue weighted by Gasteiger charge is 2.47. The van der Waals surface area contributed by atoms with Crippen molar-refractivity contribution in [3.8, 4) is 11.5 Å². The molecule has 7 aromatic rings. The minimum Gasteiger partial charge on any atom is -0.491 e. The first-order valence-electron chi connectivity index (χ1n) is 23.2. The lowest BCUT2D eigenvalue weighted by atomic mass is 9.12. The number of para-hydroxylation sites is 2. The van der Waals surface area contributed by atoms with E-state index in [1.807, 2.05) is 42.5 Å². The van der Waals surface area contributed by atoms with Gasteiger partial charge < -0.3 is 14.2 Å². The zero-order valence-electron chi connectivity index (χ0n) is 41.1. The van der Waals surface area contributed by atoms with E-state index in [-0.39, 0.29) is 21.2 Å². The van der Waals surface area contributed by atoms with E-state index in [4.69, 9.17) is 14.2 Å². The van der Waals surface area contributed by atoms with E-state index in [1.54, 1.807) is 0 Å². The van der Waals surface area contributed by atoms with E-state index in [0.717, 1.165) is 11.5 Å². The first-order valence-corrected chi connectivity index (χ1v) is 25.4. The number of ether oxygens (including phenoxy) is 3. The summed E-state index contributed by atoms with van der Waals surface area (Å²) in [5.74, 6) is 1.83. The molecule has 0 amide bonds. The third kappa shape index (κ3) is 17.0. The van der Waals surface area contributed by atoms with Gasteiger partial charge in [0.1, 0.15) is 25.1 Å². The fourth-order valence-electron chi connectivity index (χ4n) is 8.35. The molecule has 0 N–H and O–H groups in total. The molecule has 83 heavy (non-hydrogen) atoms. The van der Waals surface area contributed by atoms with Crippen molar-refractivity contribution in [2.45, 2.75) is 49.4 Å². The Balaban J connectivity index is 0.000000352. The maximum atomic E-state index is 14.2. The van der Waals surface area contributed by atoms with Crippen molar-refractivity contribution in [3.05, 3.63) is 209 Å². The van der Waals surface area contributed by atoms with Gasteiger partial charge in [0.05, 0.1) is 57.7 Å². The Labute approximate surface area is 464 Å². The van der Waals surface area contributed by atoms with E-state index < -0.39 is 195 Å². The van der Waals surface area contributed by atoms with Gasteiger partial charge in [0.25, 0.3) is 0 Å². The van der Waals surface area contributed by atoms with Crippen molar-refractivity contribution >= 4 is 28.0 Å². The minimum atomic E-state index is -6.13. The number of rotatable bonds is 14. The van der Waals surface area contributed by atoms with Gasteiger partial charge in [0, 0.05) is 0 Å². The smallest absolute Gasteiger partial charge is 0.416 e. The molecule has 0 saturated carbocycles. The van der Waals surface area contributed by atoms with E-state index >= 15 is 0 Å². The van der Waals surface area contributed by atoms with Gasteiger partial charge in [-0.3, -0.25) is 0 Å². The molecule has 7 aromatic carbocycles. The van der Waals surface area contributed by atoms with Gasteiger partial charge in [-0.1, -0.05) is 97.1 Å². The minimum absolute atomic E-state index is 0.237. The van der Waals surface area contributed by atoms with Crippen LogP contribution in [0.25, 0.3) is 0 Å². The maximum absolute atomic E-state index is 14.2. The molecule has 0 heterocycles. The number of hydrogen-bond donors (Lipinski definition) is 0. The van der Waals surface area contributed by atoms with Crippen LogP contribution in [0, 0.1) is 7.14 Å². The highest BCUT2D eigenvalue weighted by molar-refractivity contribution is 7.20.